The molecule has 2 aromatic rings. The van der Waals surface area contributed by atoms with Crippen molar-refractivity contribution >= 4 is 33.2 Å². The first-order valence-electron chi connectivity index (χ1n) is 10.1. The summed E-state index contributed by atoms with van der Waals surface area (Å²) in [7, 11) is -0.783. The Labute approximate surface area is 187 Å². The number of amides is 2. The Balaban J connectivity index is 1.60. The quantitative estimate of drug-likeness (QED) is 0.624. The highest BCUT2D eigenvalue weighted by Crippen LogP contribution is 2.34. The molecule has 1 aliphatic heterocycles. The van der Waals surface area contributed by atoms with E-state index in [1.807, 2.05) is 6.92 Å². The minimum absolute atomic E-state index is 0.0197. The molecule has 3 rings (SSSR count). The number of fused-ring (bicyclic) bond motifs is 1. The van der Waals surface area contributed by atoms with Crippen LogP contribution in [0.2, 0.25) is 0 Å². The van der Waals surface area contributed by atoms with Gasteiger partial charge in [0.1, 0.15) is 0 Å². The topological polar surface area (TPSA) is 114 Å². The molecule has 32 heavy (non-hydrogen) atoms. The molecule has 2 aromatic carbocycles. The van der Waals surface area contributed by atoms with Gasteiger partial charge in [0.2, 0.25) is 21.8 Å². The molecule has 0 bridgehead atoms. The Hall–Kier alpha value is -3.11. The van der Waals surface area contributed by atoms with Crippen LogP contribution in [0.1, 0.15) is 25.8 Å². The maximum Gasteiger partial charge on any atom is 0.240 e. The number of sulfonamides is 1. The third kappa shape index (κ3) is 5.03. The van der Waals surface area contributed by atoms with Gasteiger partial charge in [0.15, 0.2) is 11.5 Å². The summed E-state index contributed by atoms with van der Waals surface area (Å²) >= 11 is 0. The molecule has 0 saturated carbocycles. The molecule has 1 heterocycles. The fourth-order valence-corrected chi connectivity index (χ4v) is 4.86. The Kier molecular flexibility index (Phi) is 7.05. The van der Waals surface area contributed by atoms with Gasteiger partial charge < -0.3 is 19.7 Å². The van der Waals surface area contributed by atoms with Crippen molar-refractivity contribution in [3.05, 3.63) is 42.0 Å². The second kappa shape index (κ2) is 9.58. The van der Waals surface area contributed by atoms with E-state index < -0.39 is 10.0 Å². The summed E-state index contributed by atoms with van der Waals surface area (Å²) in [5, 5.41) is 2.70. The van der Waals surface area contributed by atoms with Gasteiger partial charge in [-0.2, -0.15) is 0 Å². The van der Waals surface area contributed by atoms with E-state index in [9.17, 15) is 18.0 Å². The molecule has 0 aromatic heterocycles. The number of carbonyl (C=O) groups is 2. The van der Waals surface area contributed by atoms with Crippen LogP contribution < -0.4 is 24.4 Å². The molecular weight excluding hydrogens is 434 g/mol. The van der Waals surface area contributed by atoms with Crippen LogP contribution in [-0.4, -0.2) is 47.0 Å². The number of nitrogens with zero attached hydrogens (tertiary/aromatic N) is 1. The Morgan fingerprint density at radius 2 is 1.81 bits per heavy atom. The third-order valence-corrected chi connectivity index (χ3v) is 6.69. The van der Waals surface area contributed by atoms with Crippen molar-refractivity contribution in [1.29, 1.82) is 0 Å². The summed E-state index contributed by atoms with van der Waals surface area (Å²) in [5.41, 5.74) is 2.05. The van der Waals surface area contributed by atoms with Gasteiger partial charge in [-0.25, -0.2) is 13.1 Å². The van der Waals surface area contributed by atoms with Gasteiger partial charge in [0.05, 0.1) is 19.1 Å². The zero-order valence-corrected chi connectivity index (χ0v) is 19.3. The summed E-state index contributed by atoms with van der Waals surface area (Å²) in [6, 6.07) is 9.64. The molecule has 0 spiro atoms. The molecule has 0 aliphatic carbocycles. The van der Waals surface area contributed by atoms with E-state index >= 15 is 0 Å². The van der Waals surface area contributed by atoms with Gasteiger partial charge in [-0.15, -0.1) is 0 Å². The van der Waals surface area contributed by atoms with Gasteiger partial charge >= 0.3 is 0 Å². The van der Waals surface area contributed by atoms with Crippen molar-refractivity contribution in [3.8, 4) is 11.5 Å². The molecular formula is C22H27N3O6S. The Morgan fingerprint density at radius 1 is 1.09 bits per heavy atom. The normalized spacial score (nSPS) is 15.2. The molecule has 1 atom stereocenters. The van der Waals surface area contributed by atoms with Crippen LogP contribution in [0.15, 0.2) is 41.3 Å². The lowest BCUT2D eigenvalue weighted by molar-refractivity contribution is -0.117. The molecule has 10 heteroatoms. The number of carbonyl (C=O) groups excluding carboxylic acids is 2. The molecule has 2 amide bonds. The van der Waals surface area contributed by atoms with E-state index in [-0.39, 0.29) is 35.7 Å². The van der Waals surface area contributed by atoms with Crippen molar-refractivity contribution < 1.29 is 27.5 Å². The monoisotopic (exact) mass is 461 g/mol. The number of methoxy groups -OCH3 is 2. The van der Waals surface area contributed by atoms with Gasteiger partial charge in [-0.1, -0.05) is 0 Å². The van der Waals surface area contributed by atoms with Gasteiger partial charge in [-0.05, 0) is 49.2 Å². The predicted octanol–water partition coefficient (Wildman–Crippen LogP) is 2.31. The van der Waals surface area contributed by atoms with Crippen LogP contribution in [0.5, 0.6) is 11.5 Å². The van der Waals surface area contributed by atoms with Crippen molar-refractivity contribution in [2.75, 3.05) is 31.0 Å². The third-order valence-electron chi connectivity index (χ3n) is 5.23. The SMILES string of the molecule is COc1ccc(NC(=O)CCNS(=O)(=O)c2ccc3c(c2)C[C@H](C)N3C(C)=O)cc1OC. The van der Waals surface area contributed by atoms with Crippen LogP contribution in [0.25, 0.3) is 0 Å². The van der Waals surface area contributed by atoms with Gasteiger partial charge in [-0.3, -0.25) is 9.59 Å². The molecule has 172 valence electrons. The maximum atomic E-state index is 12.7. The second-order valence-corrected chi connectivity index (χ2v) is 9.27. The fraction of sp³-hybridized carbons (Fsp3) is 0.364. The smallest absolute Gasteiger partial charge is 0.240 e. The lowest BCUT2D eigenvalue weighted by Crippen LogP contribution is -2.33. The summed E-state index contributed by atoms with van der Waals surface area (Å²) in [5.74, 6) is 0.582. The lowest BCUT2D eigenvalue weighted by atomic mass is 10.1. The highest BCUT2D eigenvalue weighted by Gasteiger charge is 2.30. The average Bonchev–Trinajstić information content (AvgIpc) is 3.08. The molecule has 9 nitrogen and oxygen atoms in total. The predicted molar refractivity (Wildman–Crippen MR) is 121 cm³/mol. The van der Waals surface area contributed by atoms with E-state index in [1.165, 1.54) is 27.2 Å². The minimum Gasteiger partial charge on any atom is -0.493 e. The first-order valence-corrected chi connectivity index (χ1v) is 11.6. The number of hydrogen-bond acceptors (Lipinski definition) is 6. The van der Waals surface area contributed by atoms with Crippen LogP contribution in [0, 0.1) is 0 Å². The van der Waals surface area contributed by atoms with Crippen LogP contribution in [0.4, 0.5) is 11.4 Å². The molecule has 0 radical (unpaired) electrons. The zero-order valence-electron chi connectivity index (χ0n) is 18.5. The van der Waals surface area contributed by atoms with E-state index in [0.29, 0.717) is 23.6 Å². The zero-order chi connectivity index (χ0) is 23.5. The number of anilines is 2. The van der Waals surface area contributed by atoms with Gasteiger partial charge in [0, 0.05) is 43.4 Å². The number of rotatable bonds is 8. The molecule has 0 saturated heterocycles. The lowest BCUT2D eigenvalue weighted by Gasteiger charge is -2.20. The number of ether oxygens (including phenoxy) is 2. The summed E-state index contributed by atoms with van der Waals surface area (Å²) < 4.78 is 38.2. The first kappa shape index (κ1) is 23.6. The van der Waals surface area contributed by atoms with E-state index in [4.69, 9.17) is 9.47 Å². The van der Waals surface area contributed by atoms with E-state index in [2.05, 4.69) is 10.0 Å². The molecule has 0 fully saturated rings. The standard InChI is InChI=1S/C22H27N3O6S/c1-14-11-16-12-18(6-7-19(16)25(14)15(2)26)32(28,29)23-10-9-22(27)24-17-5-8-20(30-3)21(13-17)31-4/h5-8,12-14,23H,9-11H2,1-4H3,(H,24,27)/t14-/m0/s1. The Morgan fingerprint density at radius 3 is 2.47 bits per heavy atom. The van der Waals surface area contributed by atoms with Crippen molar-refractivity contribution in [2.24, 2.45) is 0 Å². The maximum absolute atomic E-state index is 12.7. The van der Waals surface area contributed by atoms with Gasteiger partial charge in [0.25, 0.3) is 0 Å². The Bertz CT molecular complexity index is 1130. The van der Waals surface area contributed by atoms with Crippen molar-refractivity contribution in [3.63, 3.8) is 0 Å². The van der Waals surface area contributed by atoms with Crippen LogP contribution in [0.3, 0.4) is 0 Å². The highest BCUT2D eigenvalue weighted by atomic mass is 32.2. The molecule has 0 unspecified atom stereocenters. The molecule has 1 aliphatic rings. The molecule has 2 N–H and O–H groups in total. The number of hydrogen-bond donors (Lipinski definition) is 2. The number of nitrogens with one attached hydrogen (secondary N) is 2. The summed E-state index contributed by atoms with van der Waals surface area (Å²) in [4.78, 5) is 25.8. The second-order valence-electron chi connectivity index (χ2n) is 7.50. The van der Waals surface area contributed by atoms with Crippen LogP contribution in [-0.2, 0) is 26.0 Å². The number of benzene rings is 2. The van der Waals surface area contributed by atoms with E-state index in [0.717, 1.165) is 11.3 Å². The summed E-state index contributed by atoms with van der Waals surface area (Å²) in [6.45, 7) is 3.35. The van der Waals surface area contributed by atoms with Crippen molar-refractivity contribution in [1.82, 2.24) is 4.72 Å². The van der Waals surface area contributed by atoms with Crippen LogP contribution >= 0.6 is 0 Å². The summed E-state index contributed by atoms with van der Waals surface area (Å²) in [6.07, 6.45) is 0.541. The minimum atomic E-state index is -3.80. The fourth-order valence-electron chi connectivity index (χ4n) is 3.77. The van der Waals surface area contributed by atoms with E-state index in [1.54, 1.807) is 35.2 Å². The largest absolute Gasteiger partial charge is 0.493 e. The average molecular weight is 462 g/mol. The first-order chi connectivity index (χ1) is 15.2. The highest BCUT2D eigenvalue weighted by molar-refractivity contribution is 7.89. The van der Waals surface area contributed by atoms with Crippen molar-refractivity contribution in [2.45, 2.75) is 37.6 Å².